The first-order valence-electron chi connectivity index (χ1n) is 9.23. The molecule has 1 saturated heterocycles. The molecule has 0 spiro atoms. The Morgan fingerprint density at radius 2 is 2.12 bits per heavy atom. The number of rotatable bonds is 6. The molecule has 7 heteroatoms. The average Bonchev–Trinajstić information content (AvgIpc) is 3.27. The van der Waals surface area contributed by atoms with Gasteiger partial charge in [-0.2, -0.15) is 0 Å². The van der Waals surface area contributed by atoms with Crippen LogP contribution in [0.2, 0.25) is 0 Å². The van der Waals surface area contributed by atoms with E-state index in [1.54, 1.807) is 11.3 Å². The Labute approximate surface area is 156 Å². The summed E-state index contributed by atoms with van der Waals surface area (Å²) in [5.41, 5.74) is 0. The van der Waals surface area contributed by atoms with Crippen LogP contribution < -0.4 is 4.90 Å². The van der Waals surface area contributed by atoms with Crippen molar-refractivity contribution >= 4 is 43.2 Å². The van der Waals surface area contributed by atoms with Crippen molar-refractivity contribution in [2.45, 2.75) is 45.1 Å². The summed E-state index contributed by atoms with van der Waals surface area (Å²) in [6, 6.07) is 1.86. The van der Waals surface area contributed by atoms with Crippen LogP contribution in [0.25, 0.3) is 9.53 Å². The van der Waals surface area contributed by atoms with Crippen LogP contribution in [0.4, 0.5) is 5.13 Å². The second kappa shape index (κ2) is 7.21. The Kier molecular flexibility index (Phi) is 4.97. The van der Waals surface area contributed by atoms with Crippen molar-refractivity contribution in [2.24, 2.45) is 5.92 Å². The van der Waals surface area contributed by atoms with Crippen molar-refractivity contribution in [1.29, 1.82) is 0 Å². The number of anilines is 1. The predicted octanol–water partition coefficient (Wildman–Crippen LogP) is 3.58. The second-order valence-corrected chi connectivity index (χ2v) is 9.30. The summed E-state index contributed by atoms with van der Waals surface area (Å²) in [5, 5.41) is 10.6. The highest BCUT2D eigenvalue weighted by molar-refractivity contribution is 7.29. The van der Waals surface area contributed by atoms with Gasteiger partial charge in [0, 0.05) is 19.6 Å². The molecule has 5 nitrogen and oxygen atoms in total. The highest BCUT2D eigenvalue weighted by Gasteiger charge is 2.29. The molecule has 1 saturated carbocycles. The standard InChI is InChI=1S/C18H25N3O2S2/c1-12(11-22)21(10-13-5-4-6-13)17(23)15-9-14-16(24-15)19-18(25-14)20-7-2-3-8-20/h9,12-13,22H,2-8,10-11H2,1H3. The molecule has 1 unspecified atom stereocenters. The van der Waals surface area contributed by atoms with Crippen molar-refractivity contribution < 1.29 is 9.90 Å². The number of hydrogen-bond acceptors (Lipinski definition) is 6. The number of hydrogen-bond donors (Lipinski definition) is 1. The van der Waals surface area contributed by atoms with Crippen molar-refractivity contribution in [3.8, 4) is 0 Å². The molecule has 0 bridgehead atoms. The lowest BCUT2D eigenvalue weighted by molar-refractivity contribution is 0.0534. The minimum absolute atomic E-state index is 0.00948. The third-order valence-electron chi connectivity index (χ3n) is 5.40. The smallest absolute Gasteiger partial charge is 0.264 e. The number of carbonyl (C=O) groups excluding carboxylic acids is 1. The van der Waals surface area contributed by atoms with E-state index < -0.39 is 0 Å². The lowest BCUT2D eigenvalue weighted by atomic mass is 9.85. The van der Waals surface area contributed by atoms with E-state index in [1.165, 1.54) is 43.4 Å². The van der Waals surface area contributed by atoms with Crippen LogP contribution >= 0.6 is 22.7 Å². The van der Waals surface area contributed by atoms with Gasteiger partial charge in [0.2, 0.25) is 0 Å². The summed E-state index contributed by atoms with van der Waals surface area (Å²) in [6.07, 6.45) is 6.14. The van der Waals surface area contributed by atoms with Gasteiger partial charge >= 0.3 is 0 Å². The molecule has 0 aromatic carbocycles. The molecule has 136 valence electrons. The first kappa shape index (κ1) is 17.2. The van der Waals surface area contributed by atoms with Crippen LogP contribution in [0.3, 0.4) is 0 Å². The monoisotopic (exact) mass is 379 g/mol. The van der Waals surface area contributed by atoms with Crippen LogP contribution in [-0.2, 0) is 0 Å². The van der Waals surface area contributed by atoms with E-state index in [1.807, 2.05) is 17.9 Å². The zero-order valence-electron chi connectivity index (χ0n) is 14.6. The average molecular weight is 380 g/mol. The van der Waals surface area contributed by atoms with Crippen LogP contribution in [0.5, 0.6) is 0 Å². The van der Waals surface area contributed by atoms with Crippen LogP contribution in [0, 0.1) is 5.92 Å². The van der Waals surface area contributed by atoms with E-state index in [-0.39, 0.29) is 18.6 Å². The summed E-state index contributed by atoms with van der Waals surface area (Å²) >= 11 is 3.19. The van der Waals surface area contributed by atoms with Gasteiger partial charge in [0.25, 0.3) is 5.91 Å². The lowest BCUT2D eigenvalue weighted by Crippen LogP contribution is -2.44. The second-order valence-electron chi connectivity index (χ2n) is 7.26. The number of carbonyl (C=O) groups is 1. The number of fused-ring (bicyclic) bond motifs is 1. The quantitative estimate of drug-likeness (QED) is 0.833. The number of aromatic nitrogens is 1. The summed E-state index contributed by atoms with van der Waals surface area (Å²) in [6.45, 7) is 4.88. The van der Waals surface area contributed by atoms with Gasteiger partial charge in [0.1, 0.15) is 4.83 Å². The van der Waals surface area contributed by atoms with Gasteiger partial charge in [-0.25, -0.2) is 4.98 Å². The summed E-state index contributed by atoms with van der Waals surface area (Å²) in [5.74, 6) is 0.644. The van der Waals surface area contributed by atoms with E-state index >= 15 is 0 Å². The molecule has 1 aliphatic carbocycles. The van der Waals surface area contributed by atoms with Crippen LogP contribution in [0.1, 0.15) is 48.7 Å². The molecule has 1 N–H and O–H groups in total. The number of nitrogens with zero attached hydrogens (tertiary/aromatic N) is 3. The molecule has 2 fully saturated rings. The zero-order chi connectivity index (χ0) is 17.4. The summed E-state index contributed by atoms with van der Waals surface area (Å²) < 4.78 is 1.11. The Morgan fingerprint density at radius 3 is 2.72 bits per heavy atom. The fourth-order valence-electron chi connectivity index (χ4n) is 3.53. The predicted molar refractivity (Wildman–Crippen MR) is 104 cm³/mol. The fraction of sp³-hybridized carbons (Fsp3) is 0.667. The van der Waals surface area contributed by atoms with Crippen LogP contribution in [0.15, 0.2) is 6.07 Å². The molecule has 2 aromatic heterocycles. The topological polar surface area (TPSA) is 56.7 Å². The maximum Gasteiger partial charge on any atom is 0.264 e. The SMILES string of the molecule is CC(CO)N(CC1CCC1)C(=O)c1cc2sc(N3CCCC3)nc2s1. The summed E-state index contributed by atoms with van der Waals surface area (Å²) in [7, 11) is 0. The van der Waals surface area contributed by atoms with E-state index in [0.717, 1.165) is 39.2 Å². The fourth-order valence-corrected chi connectivity index (χ4v) is 5.75. The Bertz CT molecular complexity index is 715. The number of aliphatic hydroxyl groups excluding tert-OH is 1. The molecule has 0 radical (unpaired) electrons. The highest BCUT2D eigenvalue weighted by atomic mass is 32.1. The first-order chi connectivity index (χ1) is 12.2. The Balaban J connectivity index is 1.53. The number of thiophene rings is 1. The van der Waals surface area contributed by atoms with E-state index in [0.29, 0.717) is 5.92 Å². The maximum absolute atomic E-state index is 13.0. The van der Waals surface area contributed by atoms with Crippen molar-refractivity contribution in [2.75, 3.05) is 31.1 Å². The van der Waals surface area contributed by atoms with Gasteiger partial charge in [-0.3, -0.25) is 4.79 Å². The third-order valence-corrected chi connectivity index (χ3v) is 7.61. The van der Waals surface area contributed by atoms with Gasteiger partial charge in [-0.15, -0.1) is 11.3 Å². The molecule has 1 aliphatic heterocycles. The minimum Gasteiger partial charge on any atom is -0.394 e. The number of thiazole rings is 1. The Morgan fingerprint density at radius 1 is 1.36 bits per heavy atom. The van der Waals surface area contributed by atoms with Crippen molar-refractivity contribution in [3.05, 3.63) is 10.9 Å². The first-order valence-corrected chi connectivity index (χ1v) is 10.9. The molecule has 4 rings (SSSR count). The molecule has 1 amide bonds. The van der Waals surface area contributed by atoms with Gasteiger partial charge in [0.15, 0.2) is 5.13 Å². The molecule has 1 atom stereocenters. The van der Waals surface area contributed by atoms with Crippen molar-refractivity contribution in [3.63, 3.8) is 0 Å². The molecule has 2 aliphatic rings. The largest absolute Gasteiger partial charge is 0.394 e. The maximum atomic E-state index is 13.0. The zero-order valence-corrected chi connectivity index (χ0v) is 16.2. The number of amides is 1. The number of aliphatic hydroxyl groups is 1. The summed E-state index contributed by atoms with van der Waals surface area (Å²) in [4.78, 5) is 23.7. The van der Waals surface area contributed by atoms with Crippen molar-refractivity contribution in [1.82, 2.24) is 9.88 Å². The van der Waals surface area contributed by atoms with E-state index in [9.17, 15) is 9.90 Å². The normalized spacial score (nSPS) is 19.4. The molecule has 25 heavy (non-hydrogen) atoms. The van der Waals surface area contributed by atoms with E-state index in [2.05, 4.69) is 4.90 Å². The van der Waals surface area contributed by atoms with Gasteiger partial charge in [0.05, 0.1) is 22.2 Å². The lowest BCUT2D eigenvalue weighted by Gasteiger charge is -2.35. The van der Waals surface area contributed by atoms with E-state index in [4.69, 9.17) is 4.98 Å². The van der Waals surface area contributed by atoms with Gasteiger partial charge in [-0.05, 0) is 44.6 Å². The van der Waals surface area contributed by atoms with Crippen LogP contribution in [-0.4, -0.2) is 53.2 Å². The Hall–Kier alpha value is -1.18. The van der Waals surface area contributed by atoms with Gasteiger partial charge < -0.3 is 14.9 Å². The minimum atomic E-state index is -0.138. The third kappa shape index (κ3) is 3.41. The molecule has 2 aromatic rings. The molecular formula is C18H25N3O2S2. The molecule has 3 heterocycles. The molecular weight excluding hydrogens is 354 g/mol. The van der Waals surface area contributed by atoms with Gasteiger partial charge in [-0.1, -0.05) is 17.8 Å². The highest BCUT2D eigenvalue weighted by Crippen LogP contribution is 2.37.